The largest absolute Gasteiger partial charge is 0.478 e. The number of carboxylic acid groups (broad SMARTS) is 1. The van der Waals surface area contributed by atoms with Crippen molar-refractivity contribution in [3.63, 3.8) is 0 Å². The number of benzene rings is 1. The van der Waals surface area contributed by atoms with Crippen LogP contribution in [0.3, 0.4) is 0 Å². The second-order valence-electron chi connectivity index (χ2n) is 5.14. The molecule has 6 nitrogen and oxygen atoms in total. The van der Waals surface area contributed by atoms with E-state index >= 15 is 0 Å². The summed E-state index contributed by atoms with van der Waals surface area (Å²) in [5.74, 6) is -0.975. The Hall–Kier alpha value is -2.08. The molecule has 0 heterocycles. The third-order valence-electron chi connectivity index (χ3n) is 2.02. The van der Waals surface area contributed by atoms with Gasteiger partial charge in [-0.3, -0.25) is 0 Å². The molecular formula is C14H21NO5. The molecule has 1 unspecified atom stereocenters. The first-order valence-electron chi connectivity index (χ1n) is 6.02. The van der Waals surface area contributed by atoms with Crippen LogP contribution in [-0.2, 0) is 4.74 Å². The summed E-state index contributed by atoms with van der Waals surface area (Å²) in [5.41, 5.74) is 5.09. The van der Waals surface area contributed by atoms with Gasteiger partial charge in [0, 0.05) is 0 Å². The van der Waals surface area contributed by atoms with Crippen molar-refractivity contribution in [1.29, 1.82) is 0 Å². The molecule has 4 N–H and O–H groups in total. The zero-order valence-electron chi connectivity index (χ0n) is 12.1. The summed E-state index contributed by atoms with van der Waals surface area (Å²) in [4.78, 5) is 20.5. The van der Waals surface area contributed by atoms with E-state index in [1.54, 1.807) is 39.8 Å². The van der Waals surface area contributed by atoms with E-state index in [0.717, 1.165) is 0 Å². The number of carboxylic acids is 1. The normalized spacial score (nSPS) is 11.8. The maximum atomic E-state index is 10.5. The van der Waals surface area contributed by atoms with Crippen molar-refractivity contribution in [2.45, 2.75) is 39.4 Å². The first-order valence-corrected chi connectivity index (χ1v) is 6.02. The average molecular weight is 283 g/mol. The van der Waals surface area contributed by atoms with Crippen molar-refractivity contribution >= 4 is 12.1 Å². The van der Waals surface area contributed by atoms with Gasteiger partial charge in [-0.05, 0) is 45.4 Å². The molecule has 0 bridgehead atoms. The van der Waals surface area contributed by atoms with Gasteiger partial charge in [0.2, 0.25) is 0 Å². The van der Waals surface area contributed by atoms with Crippen LogP contribution in [0.1, 0.15) is 49.7 Å². The Kier molecular flexibility index (Phi) is 6.72. The van der Waals surface area contributed by atoms with Gasteiger partial charge in [-0.2, -0.15) is 0 Å². The van der Waals surface area contributed by atoms with Crippen molar-refractivity contribution in [2.75, 3.05) is 0 Å². The highest BCUT2D eigenvalue weighted by atomic mass is 16.6. The second kappa shape index (κ2) is 7.49. The molecule has 0 saturated heterocycles. The standard InChI is InChI=1S/C9H10O3.C5H11NO2/c1-6(10)7-3-2-4-8(5-7)9(11)12;1-5(2,3)8-4(6)7/h2-6,10H,1H3,(H,11,12);1-3H3,(H2,6,7). The van der Waals surface area contributed by atoms with Gasteiger partial charge in [-0.1, -0.05) is 12.1 Å². The zero-order chi connectivity index (χ0) is 15.9. The molecule has 0 fully saturated rings. The Morgan fingerprint density at radius 3 is 2.15 bits per heavy atom. The minimum absolute atomic E-state index is 0.202. The molecule has 20 heavy (non-hydrogen) atoms. The van der Waals surface area contributed by atoms with Crippen LogP contribution >= 0.6 is 0 Å². The number of hydrogen-bond donors (Lipinski definition) is 3. The number of ether oxygens (including phenoxy) is 1. The lowest BCUT2D eigenvalue weighted by atomic mass is 10.1. The molecule has 0 aliphatic carbocycles. The van der Waals surface area contributed by atoms with Crippen LogP contribution in [0, 0.1) is 0 Å². The fraction of sp³-hybridized carbons (Fsp3) is 0.429. The Labute approximate surface area is 118 Å². The number of amides is 1. The molecule has 0 radical (unpaired) electrons. The lowest BCUT2D eigenvalue weighted by Gasteiger charge is -2.16. The van der Waals surface area contributed by atoms with E-state index in [4.69, 9.17) is 15.9 Å². The quantitative estimate of drug-likeness (QED) is 0.771. The predicted molar refractivity (Wildman–Crippen MR) is 74.5 cm³/mol. The van der Waals surface area contributed by atoms with E-state index in [-0.39, 0.29) is 5.56 Å². The topological polar surface area (TPSA) is 110 Å². The highest BCUT2D eigenvalue weighted by Crippen LogP contribution is 2.13. The molecule has 1 aromatic carbocycles. The van der Waals surface area contributed by atoms with Crippen LogP contribution in [0.15, 0.2) is 24.3 Å². The van der Waals surface area contributed by atoms with E-state index in [1.807, 2.05) is 0 Å². The van der Waals surface area contributed by atoms with Crippen LogP contribution < -0.4 is 5.73 Å². The Morgan fingerprint density at radius 2 is 1.85 bits per heavy atom. The number of rotatable bonds is 2. The molecule has 6 heteroatoms. The van der Waals surface area contributed by atoms with Gasteiger partial charge in [0.25, 0.3) is 0 Å². The number of aliphatic hydroxyl groups excluding tert-OH is 1. The van der Waals surface area contributed by atoms with E-state index in [1.165, 1.54) is 12.1 Å². The number of aliphatic hydroxyl groups is 1. The fourth-order valence-electron chi connectivity index (χ4n) is 1.23. The minimum atomic E-state index is -0.975. The SMILES string of the molecule is CC(C)(C)OC(N)=O.CC(O)c1cccc(C(=O)O)c1. The summed E-state index contributed by atoms with van der Waals surface area (Å²) in [6.45, 7) is 6.88. The highest BCUT2D eigenvalue weighted by Gasteiger charge is 2.12. The number of carbonyl (C=O) groups is 2. The maximum Gasteiger partial charge on any atom is 0.405 e. The van der Waals surface area contributed by atoms with E-state index in [9.17, 15) is 9.59 Å². The van der Waals surface area contributed by atoms with Gasteiger partial charge in [-0.25, -0.2) is 9.59 Å². The number of aromatic carboxylic acids is 1. The summed E-state index contributed by atoms with van der Waals surface area (Å²) in [6.07, 6.45) is -1.35. The van der Waals surface area contributed by atoms with Crippen molar-refractivity contribution in [2.24, 2.45) is 5.73 Å². The monoisotopic (exact) mass is 283 g/mol. The van der Waals surface area contributed by atoms with Crippen LogP contribution in [0.5, 0.6) is 0 Å². The molecule has 1 rings (SSSR count). The first kappa shape index (κ1) is 17.9. The van der Waals surface area contributed by atoms with Crippen molar-refractivity contribution in [1.82, 2.24) is 0 Å². The number of carbonyl (C=O) groups excluding carboxylic acids is 1. The number of primary amides is 1. The van der Waals surface area contributed by atoms with Gasteiger partial charge < -0.3 is 20.7 Å². The van der Waals surface area contributed by atoms with Gasteiger partial charge in [0.1, 0.15) is 5.60 Å². The molecule has 0 aromatic heterocycles. The smallest absolute Gasteiger partial charge is 0.405 e. The second-order valence-corrected chi connectivity index (χ2v) is 5.14. The molecule has 1 atom stereocenters. The molecule has 0 aliphatic rings. The van der Waals surface area contributed by atoms with Crippen LogP contribution in [-0.4, -0.2) is 27.9 Å². The van der Waals surface area contributed by atoms with Gasteiger partial charge in [0.05, 0.1) is 11.7 Å². The van der Waals surface area contributed by atoms with E-state index < -0.39 is 23.8 Å². The Balaban J connectivity index is 0.000000396. The summed E-state index contributed by atoms with van der Waals surface area (Å²) in [6, 6.07) is 6.27. The third kappa shape index (κ3) is 8.10. The molecule has 112 valence electrons. The molecule has 0 spiro atoms. The minimum Gasteiger partial charge on any atom is -0.478 e. The van der Waals surface area contributed by atoms with Crippen LogP contribution in [0.25, 0.3) is 0 Å². The van der Waals surface area contributed by atoms with Crippen molar-refractivity contribution < 1.29 is 24.5 Å². The first-order chi connectivity index (χ1) is 9.03. The molecule has 0 aliphatic heterocycles. The van der Waals surface area contributed by atoms with Crippen molar-refractivity contribution in [3.05, 3.63) is 35.4 Å². The van der Waals surface area contributed by atoms with Crippen LogP contribution in [0.4, 0.5) is 4.79 Å². The van der Waals surface area contributed by atoms with E-state index in [0.29, 0.717) is 5.56 Å². The third-order valence-corrected chi connectivity index (χ3v) is 2.02. The lowest BCUT2D eigenvalue weighted by molar-refractivity contribution is 0.0598. The summed E-state index contributed by atoms with van der Waals surface area (Å²) < 4.78 is 4.58. The van der Waals surface area contributed by atoms with Gasteiger partial charge in [-0.15, -0.1) is 0 Å². The summed E-state index contributed by atoms with van der Waals surface area (Å²) in [7, 11) is 0. The Morgan fingerprint density at radius 1 is 1.30 bits per heavy atom. The summed E-state index contributed by atoms with van der Waals surface area (Å²) in [5, 5.41) is 17.7. The molecule has 1 amide bonds. The predicted octanol–water partition coefficient (Wildman–Crippen LogP) is 2.32. The zero-order valence-corrected chi connectivity index (χ0v) is 12.1. The molecular weight excluding hydrogens is 262 g/mol. The molecule has 1 aromatic rings. The van der Waals surface area contributed by atoms with Crippen molar-refractivity contribution in [3.8, 4) is 0 Å². The maximum absolute atomic E-state index is 10.5. The van der Waals surface area contributed by atoms with Gasteiger partial charge in [0.15, 0.2) is 0 Å². The van der Waals surface area contributed by atoms with Gasteiger partial charge >= 0.3 is 12.1 Å². The summed E-state index contributed by atoms with van der Waals surface area (Å²) >= 11 is 0. The average Bonchev–Trinajstić information content (AvgIpc) is 2.26. The Bertz CT molecular complexity index is 463. The number of nitrogens with two attached hydrogens (primary N) is 1. The highest BCUT2D eigenvalue weighted by molar-refractivity contribution is 5.87. The van der Waals surface area contributed by atoms with E-state index in [2.05, 4.69) is 4.74 Å². The fourth-order valence-corrected chi connectivity index (χ4v) is 1.23. The van der Waals surface area contributed by atoms with Crippen LogP contribution in [0.2, 0.25) is 0 Å². The lowest BCUT2D eigenvalue weighted by Crippen LogP contribution is -2.27. The molecule has 0 saturated carbocycles. The number of hydrogen-bond acceptors (Lipinski definition) is 4.